The van der Waals surface area contributed by atoms with Gasteiger partial charge >= 0.3 is 18.0 Å². The second kappa shape index (κ2) is 14.6. The Morgan fingerprint density at radius 2 is 1.63 bits per heavy atom. The number of likely N-dealkylation sites (N-methyl/N-ethyl adjacent to an activating group) is 1. The van der Waals surface area contributed by atoms with Crippen molar-refractivity contribution in [3.05, 3.63) is 69.2 Å². The van der Waals surface area contributed by atoms with Crippen LogP contribution in [0.2, 0.25) is 5.02 Å². The molecular weight excluding hydrogens is 701 g/mol. The van der Waals surface area contributed by atoms with Crippen LogP contribution < -0.4 is 11.4 Å². The molecule has 1 atom stereocenters. The van der Waals surface area contributed by atoms with Gasteiger partial charge in [0, 0.05) is 76.2 Å². The Hall–Kier alpha value is -4.34. The molecule has 1 unspecified atom stereocenters. The molecule has 16 heteroatoms. The van der Waals surface area contributed by atoms with Crippen molar-refractivity contribution in [2.45, 2.75) is 56.5 Å². The van der Waals surface area contributed by atoms with Crippen molar-refractivity contribution in [2.24, 2.45) is 0 Å². The van der Waals surface area contributed by atoms with Gasteiger partial charge in [0.15, 0.2) is 6.10 Å². The molecule has 278 valence electrons. The van der Waals surface area contributed by atoms with E-state index >= 15 is 0 Å². The van der Waals surface area contributed by atoms with Gasteiger partial charge in [-0.15, -0.1) is 0 Å². The van der Waals surface area contributed by atoms with E-state index in [2.05, 4.69) is 26.8 Å². The van der Waals surface area contributed by atoms with E-state index in [1.165, 1.54) is 11.0 Å². The first-order valence-electron chi connectivity index (χ1n) is 17.7. The first-order chi connectivity index (χ1) is 24.9. The molecule has 0 radical (unpaired) electrons. The summed E-state index contributed by atoms with van der Waals surface area (Å²) in [5, 5.41) is 0.536. The fraction of sp³-hybridized carbons (Fsp3) is 0.500. The van der Waals surface area contributed by atoms with Crippen LogP contribution in [0.1, 0.15) is 42.9 Å². The van der Waals surface area contributed by atoms with Crippen LogP contribution in [0.3, 0.4) is 0 Å². The second-order valence-electron chi connectivity index (χ2n) is 14.1. The highest BCUT2D eigenvalue weighted by atomic mass is 35.5. The third-order valence-electron chi connectivity index (χ3n) is 10.8. The number of halogens is 4. The number of fused-ring (bicyclic) bond motifs is 3. The molecule has 52 heavy (non-hydrogen) atoms. The summed E-state index contributed by atoms with van der Waals surface area (Å²) in [5.74, 6) is -0.466. The van der Waals surface area contributed by atoms with Crippen LogP contribution in [0.15, 0.2) is 47.4 Å². The maximum atomic E-state index is 14.0. The molecule has 2 aromatic heterocycles. The Balaban J connectivity index is 1.06. The molecule has 0 saturated carbocycles. The number of carbonyl (C=O) groups excluding carboxylic acids is 2. The number of piperazine rings is 1. The lowest BCUT2D eigenvalue weighted by molar-refractivity contribution is -0.142. The molecule has 3 saturated heterocycles. The molecule has 0 aliphatic carbocycles. The van der Waals surface area contributed by atoms with Crippen molar-refractivity contribution >= 4 is 51.2 Å². The highest BCUT2D eigenvalue weighted by Gasteiger charge is 2.38. The molecular formula is C36H42ClF3N8O4. The molecule has 3 fully saturated rings. The SMILES string of the molecule is CN1CCN(C2CCN(C(=O)C(Cc3cc(Cl)c(N)c(C(F)(F)F)c3)OC(=O)N3CCC(n4c(=O)[nH]c5c6ccccc6ncc54)CC3)CC2)CC1. The number of hydrogen-bond donors (Lipinski definition) is 2. The number of piperidine rings is 2. The number of aromatic nitrogens is 3. The maximum absolute atomic E-state index is 14.0. The number of benzene rings is 2. The number of nitrogens with zero attached hydrogens (tertiary/aromatic N) is 6. The van der Waals surface area contributed by atoms with Gasteiger partial charge in [-0.1, -0.05) is 29.8 Å². The van der Waals surface area contributed by atoms with Gasteiger partial charge in [0.1, 0.15) is 0 Å². The number of ether oxygens (including phenoxy) is 1. The molecule has 7 rings (SSSR count). The highest BCUT2D eigenvalue weighted by Crippen LogP contribution is 2.38. The quantitative estimate of drug-likeness (QED) is 0.271. The largest absolute Gasteiger partial charge is 0.436 e. The van der Waals surface area contributed by atoms with E-state index in [1.54, 1.807) is 15.7 Å². The van der Waals surface area contributed by atoms with Crippen LogP contribution in [0.4, 0.5) is 23.7 Å². The summed E-state index contributed by atoms with van der Waals surface area (Å²) in [4.78, 5) is 56.1. The molecule has 3 aliphatic rings. The van der Waals surface area contributed by atoms with Crippen molar-refractivity contribution in [1.82, 2.24) is 34.1 Å². The van der Waals surface area contributed by atoms with Crippen LogP contribution in [0.25, 0.3) is 21.9 Å². The molecule has 5 heterocycles. The zero-order chi connectivity index (χ0) is 36.7. The molecule has 12 nitrogen and oxygen atoms in total. The first-order valence-corrected chi connectivity index (χ1v) is 18.0. The lowest BCUT2D eigenvalue weighted by Crippen LogP contribution is -2.54. The zero-order valence-electron chi connectivity index (χ0n) is 28.9. The molecule has 0 bridgehead atoms. The van der Waals surface area contributed by atoms with Gasteiger partial charge in [-0.3, -0.25) is 19.2 Å². The Bertz CT molecular complexity index is 2010. The van der Waals surface area contributed by atoms with E-state index in [9.17, 15) is 27.6 Å². The standard InChI is InChI=1S/C36H42ClF3N8O4/c1-44-14-16-45(17-15-44)23-6-10-46(11-7-23)33(49)30(20-22-18-26(36(38,39)40)31(41)27(37)19-22)52-35(51)47-12-8-24(9-13-47)48-29-21-42-28-5-3-2-4-25(28)32(29)43-34(48)50/h2-5,18-19,21,23-24,30H,6-17,20,41H2,1H3,(H,43,50). The summed E-state index contributed by atoms with van der Waals surface area (Å²) in [6, 6.07) is 9.79. The Morgan fingerprint density at radius 1 is 0.981 bits per heavy atom. The van der Waals surface area contributed by atoms with Crippen LogP contribution in [0, 0.1) is 0 Å². The minimum Gasteiger partial charge on any atom is -0.436 e. The number of likely N-dealkylation sites (tertiary alicyclic amines) is 2. The third kappa shape index (κ3) is 7.30. The lowest BCUT2D eigenvalue weighted by atomic mass is 9.99. The number of imidazole rings is 1. The number of para-hydroxylation sites is 1. The third-order valence-corrected chi connectivity index (χ3v) is 11.1. The normalized spacial score (nSPS) is 19.4. The number of nitrogen functional groups attached to an aromatic ring is 1. The minimum atomic E-state index is -4.77. The monoisotopic (exact) mass is 742 g/mol. The Kier molecular flexibility index (Phi) is 10.1. The predicted molar refractivity (Wildman–Crippen MR) is 191 cm³/mol. The molecule has 2 amide bonds. The second-order valence-corrected chi connectivity index (χ2v) is 14.5. The number of anilines is 1. The van der Waals surface area contributed by atoms with E-state index in [0.717, 1.165) is 56.0 Å². The number of alkyl halides is 3. The Morgan fingerprint density at radius 3 is 2.33 bits per heavy atom. The summed E-state index contributed by atoms with van der Waals surface area (Å²) in [7, 11) is 2.10. The number of carbonyl (C=O) groups is 2. The summed E-state index contributed by atoms with van der Waals surface area (Å²) < 4.78 is 49.1. The van der Waals surface area contributed by atoms with E-state index in [4.69, 9.17) is 22.1 Å². The number of nitrogens with two attached hydrogens (primary N) is 1. The van der Waals surface area contributed by atoms with Crippen molar-refractivity contribution in [1.29, 1.82) is 0 Å². The molecule has 3 aliphatic heterocycles. The number of rotatable bonds is 6. The molecule has 0 spiro atoms. The smallest absolute Gasteiger partial charge is 0.418 e. The number of amides is 2. The van der Waals surface area contributed by atoms with E-state index in [0.29, 0.717) is 43.0 Å². The fourth-order valence-corrected chi connectivity index (χ4v) is 8.09. The van der Waals surface area contributed by atoms with Gasteiger partial charge in [0.25, 0.3) is 5.91 Å². The van der Waals surface area contributed by atoms with Crippen LogP contribution >= 0.6 is 11.6 Å². The Labute approximate surface area is 303 Å². The van der Waals surface area contributed by atoms with Gasteiger partial charge in [-0.05, 0) is 56.5 Å². The van der Waals surface area contributed by atoms with Crippen molar-refractivity contribution in [3.8, 4) is 0 Å². The first kappa shape index (κ1) is 36.0. The van der Waals surface area contributed by atoms with Crippen molar-refractivity contribution < 1.29 is 27.5 Å². The topological polar surface area (TPSA) is 133 Å². The average molecular weight is 743 g/mol. The summed E-state index contributed by atoms with van der Waals surface area (Å²) in [6.07, 6.45) is -3.18. The van der Waals surface area contributed by atoms with Crippen LogP contribution in [-0.4, -0.2) is 118 Å². The molecule has 2 aromatic carbocycles. The van der Waals surface area contributed by atoms with Gasteiger partial charge in [0.2, 0.25) is 0 Å². The minimum absolute atomic E-state index is 0.0727. The van der Waals surface area contributed by atoms with Crippen LogP contribution in [-0.2, 0) is 22.1 Å². The zero-order valence-corrected chi connectivity index (χ0v) is 29.6. The number of hydrogen-bond acceptors (Lipinski definition) is 8. The summed E-state index contributed by atoms with van der Waals surface area (Å²) in [6.45, 7) is 5.23. The van der Waals surface area contributed by atoms with Gasteiger partial charge in [0.05, 0.1) is 39.0 Å². The summed E-state index contributed by atoms with van der Waals surface area (Å²) >= 11 is 6.12. The molecule has 4 aromatic rings. The number of H-pyrrole nitrogens is 1. The number of nitrogens with one attached hydrogen (secondary N) is 1. The fourth-order valence-electron chi connectivity index (χ4n) is 7.85. The lowest BCUT2D eigenvalue weighted by Gasteiger charge is -2.42. The highest BCUT2D eigenvalue weighted by molar-refractivity contribution is 6.33. The van der Waals surface area contributed by atoms with Gasteiger partial charge < -0.3 is 30.2 Å². The van der Waals surface area contributed by atoms with E-state index in [-0.39, 0.29) is 41.8 Å². The van der Waals surface area contributed by atoms with Gasteiger partial charge in [-0.2, -0.15) is 13.2 Å². The van der Waals surface area contributed by atoms with Crippen molar-refractivity contribution in [3.63, 3.8) is 0 Å². The molecule has 3 N–H and O–H groups in total. The van der Waals surface area contributed by atoms with E-state index < -0.39 is 35.5 Å². The number of aromatic amines is 1. The maximum Gasteiger partial charge on any atom is 0.418 e. The number of pyridine rings is 1. The average Bonchev–Trinajstić information content (AvgIpc) is 3.48. The summed E-state index contributed by atoms with van der Waals surface area (Å²) in [5.41, 5.74) is 5.88. The predicted octanol–water partition coefficient (Wildman–Crippen LogP) is 4.76. The van der Waals surface area contributed by atoms with Crippen LogP contribution in [0.5, 0.6) is 0 Å². The van der Waals surface area contributed by atoms with Crippen molar-refractivity contribution in [2.75, 3.05) is 65.1 Å². The van der Waals surface area contributed by atoms with E-state index in [1.807, 2.05) is 24.3 Å². The van der Waals surface area contributed by atoms with Gasteiger partial charge in [-0.25, -0.2) is 9.59 Å².